The lowest BCUT2D eigenvalue weighted by Gasteiger charge is -2.03. The third-order valence-corrected chi connectivity index (χ3v) is 7.88. The van der Waals surface area contributed by atoms with Crippen LogP contribution in [0, 0.1) is 13.8 Å². The summed E-state index contributed by atoms with van der Waals surface area (Å²) in [6.07, 6.45) is 1.64. The number of aromatic amines is 1. The first kappa shape index (κ1) is 20.9. The molecule has 7 nitrogen and oxygen atoms in total. The fourth-order valence-corrected chi connectivity index (χ4v) is 6.03. The maximum atomic E-state index is 12.9. The van der Waals surface area contributed by atoms with Crippen molar-refractivity contribution < 1.29 is 4.42 Å². The molecule has 0 aliphatic rings. The number of anilines is 1. The van der Waals surface area contributed by atoms with Crippen molar-refractivity contribution in [2.75, 3.05) is 5.32 Å². The van der Waals surface area contributed by atoms with Crippen LogP contribution in [0.3, 0.4) is 0 Å². The summed E-state index contributed by atoms with van der Waals surface area (Å²) in [6, 6.07) is 12.0. The molecule has 0 fully saturated rings. The Hall–Kier alpha value is -2.95. The number of benzene rings is 1. The van der Waals surface area contributed by atoms with Crippen LogP contribution in [-0.2, 0) is 12.3 Å². The van der Waals surface area contributed by atoms with Crippen LogP contribution in [-0.4, -0.2) is 20.2 Å². The molecule has 0 aliphatic heterocycles. The molecule has 0 bridgehead atoms. The Morgan fingerprint density at radius 1 is 1.12 bits per heavy atom. The molecule has 0 aliphatic carbocycles. The minimum absolute atomic E-state index is 0.108. The molecule has 0 atom stereocenters. The molecule has 10 heteroatoms. The van der Waals surface area contributed by atoms with Crippen molar-refractivity contribution in [3.8, 4) is 11.1 Å². The van der Waals surface area contributed by atoms with Crippen LogP contribution >= 0.6 is 34.4 Å². The molecule has 5 aromatic rings. The van der Waals surface area contributed by atoms with Gasteiger partial charge in [0, 0.05) is 10.4 Å². The molecule has 0 saturated heterocycles. The first-order chi connectivity index (χ1) is 15.6. The van der Waals surface area contributed by atoms with Gasteiger partial charge in [-0.3, -0.25) is 4.79 Å². The van der Waals surface area contributed by atoms with E-state index in [2.05, 4.69) is 51.7 Å². The minimum Gasteiger partial charge on any atom is -0.467 e. The number of nitrogens with zero attached hydrogens (tertiary/aromatic N) is 3. The number of fused-ring (bicyclic) bond motifs is 1. The Balaban J connectivity index is 1.32. The quantitative estimate of drug-likeness (QED) is 0.291. The van der Waals surface area contributed by atoms with E-state index in [1.165, 1.54) is 28.7 Å². The lowest BCUT2D eigenvalue weighted by molar-refractivity contribution is 0.518. The fourth-order valence-electron chi connectivity index (χ4n) is 3.35. The van der Waals surface area contributed by atoms with Crippen molar-refractivity contribution in [3.05, 3.63) is 75.0 Å². The summed E-state index contributed by atoms with van der Waals surface area (Å²) in [6.45, 7) is 4.64. The molecule has 32 heavy (non-hydrogen) atoms. The number of nitrogens with one attached hydrogen (secondary N) is 2. The fraction of sp³-hybridized carbons (Fsp3) is 0.182. The zero-order valence-electron chi connectivity index (χ0n) is 17.3. The Labute approximate surface area is 196 Å². The molecular weight excluding hydrogens is 462 g/mol. The van der Waals surface area contributed by atoms with Crippen LogP contribution in [0.25, 0.3) is 21.3 Å². The summed E-state index contributed by atoms with van der Waals surface area (Å²) >= 11 is 4.51. The van der Waals surface area contributed by atoms with Crippen molar-refractivity contribution in [1.82, 2.24) is 20.2 Å². The van der Waals surface area contributed by atoms with E-state index < -0.39 is 0 Å². The van der Waals surface area contributed by atoms with Crippen LogP contribution in [0.5, 0.6) is 0 Å². The molecule has 1 aromatic carbocycles. The number of aryl methyl sites for hydroxylation is 2. The number of H-pyrrole nitrogens is 1. The van der Waals surface area contributed by atoms with Crippen LogP contribution in [0.4, 0.5) is 5.13 Å². The Bertz CT molecular complexity index is 1420. The molecule has 4 aromatic heterocycles. The summed E-state index contributed by atoms with van der Waals surface area (Å²) in [5, 5.41) is 12.9. The molecule has 0 radical (unpaired) electrons. The second-order valence-corrected chi connectivity index (χ2v) is 10.6. The first-order valence-electron chi connectivity index (χ1n) is 9.89. The molecule has 5 rings (SSSR count). The number of hydrogen-bond donors (Lipinski definition) is 2. The molecular formula is C22H19N5O2S3. The van der Waals surface area contributed by atoms with Crippen LogP contribution in [0.2, 0.25) is 0 Å². The molecule has 162 valence electrons. The van der Waals surface area contributed by atoms with Crippen LogP contribution < -0.4 is 10.9 Å². The normalized spacial score (nSPS) is 11.3. The smallest absolute Gasteiger partial charge is 0.260 e. The van der Waals surface area contributed by atoms with Gasteiger partial charge in [0.25, 0.3) is 5.56 Å². The zero-order chi connectivity index (χ0) is 22.1. The van der Waals surface area contributed by atoms with Gasteiger partial charge in [-0.15, -0.1) is 21.5 Å². The monoisotopic (exact) mass is 481 g/mol. The predicted molar refractivity (Wildman–Crippen MR) is 131 cm³/mol. The lowest BCUT2D eigenvalue weighted by atomic mass is 10.0. The third kappa shape index (κ3) is 4.34. The van der Waals surface area contributed by atoms with Gasteiger partial charge in [0.15, 0.2) is 4.34 Å². The van der Waals surface area contributed by atoms with Gasteiger partial charge in [-0.2, -0.15) is 0 Å². The van der Waals surface area contributed by atoms with E-state index in [9.17, 15) is 4.79 Å². The van der Waals surface area contributed by atoms with Crippen LogP contribution in [0.1, 0.15) is 22.0 Å². The van der Waals surface area contributed by atoms with Gasteiger partial charge in [0.05, 0.1) is 23.9 Å². The Morgan fingerprint density at radius 2 is 1.97 bits per heavy atom. The van der Waals surface area contributed by atoms with Crippen molar-refractivity contribution in [3.63, 3.8) is 0 Å². The van der Waals surface area contributed by atoms with Gasteiger partial charge < -0.3 is 14.7 Å². The number of thioether (sulfide) groups is 1. The van der Waals surface area contributed by atoms with E-state index in [0.717, 1.165) is 36.1 Å². The summed E-state index contributed by atoms with van der Waals surface area (Å²) in [7, 11) is 0. The molecule has 0 spiro atoms. The second-order valence-electron chi connectivity index (χ2n) is 7.19. The molecule has 2 N–H and O–H groups in total. The lowest BCUT2D eigenvalue weighted by Crippen LogP contribution is -2.10. The van der Waals surface area contributed by atoms with Gasteiger partial charge in [0.2, 0.25) is 5.13 Å². The summed E-state index contributed by atoms with van der Waals surface area (Å²) in [5.74, 6) is 1.97. The number of aromatic nitrogens is 4. The molecule has 0 saturated carbocycles. The average molecular weight is 482 g/mol. The third-order valence-electron chi connectivity index (χ3n) is 4.86. The molecule has 0 amide bonds. The molecule has 0 unspecified atom stereocenters. The largest absolute Gasteiger partial charge is 0.467 e. The van der Waals surface area contributed by atoms with E-state index >= 15 is 0 Å². The van der Waals surface area contributed by atoms with Gasteiger partial charge in [-0.1, -0.05) is 52.9 Å². The second kappa shape index (κ2) is 8.89. The average Bonchev–Trinajstić information content (AvgIpc) is 3.51. The highest BCUT2D eigenvalue weighted by Gasteiger charge is 2.17. The van der Waals surface area contributed by atoms with Gasteiger partial charge in [0.1, 0.15) is 16.4 Å². The van der Waals surface area contributed by atoms with Gasteiger partial charge in [-0.05, 0) is 31.5 Å². The Morgan fingerprint density at radius 3 is 2.75 bits per heavy atom. The summed E-state index contributed by atoms with van der Waals surface area (Å²) in [4.78, 5) is 22.5. The maximum absolute atomic E-state index is 12.9. The number of rotatable bonds is 7. The first-order valence-corrected chi connectivity index (χ1v) is 12.5. The minimum atomic E-state index is -0.108. The SMILES string of the molecule is Cc1ccc(-c2c(C)sc3nc(CSc4nnc(NCc5ccco5)s4)[nH]c(=O)c23)cc1. The van der Waals surface area contributed by atoms with Gasteiger partial charge in [-0.25, -0.2) is 4.98 Å². The number of hydrogen-bond acceptors (Lipinski definition) is 9. The van der Waals surface area contributed by atoms with Crippen molar-refractivity contribution >= 4 is 49.8 Å². The highest BCUT2D eigenvalue weighted by Crippen LogP contribution is 2.36. The standard InChI is InChI=1S/C22H19N5O2S3/c1-12-5-7-14(8-6-12)17-13(2)31-20-18(17)19(28)24-16(25-20)11-30-22-27-26-21(32-22)23-10-15-4-3-9-29-15/h3-9H,10-11H2,1-2H3,(H,23,26)(H,24,25,28). The van der Waals surface area contributed by atoms with Crippen LogP contribution in [0.15, 0.2) is 56.2 Å². The summed E-state index contributed by atoms with van der Waals surface area (Å²) in [5.41, 5.74) is 3.09. The van der Waals surface area contributed by atoms with E-state index in [4.69, 9.17) is 9.40 Å². The highest BCUT2D eigenvalue weighted by atomic mass is 32.2. The maximum Gasteiger partial charge on any atom is 0.260 e. The topological polar surface area (TPSA) is 96.7 Å². The zero-order valence-corrected chi connectivity index (χ0v) is 19.8. The van der Waals surface area contributed by atoms with E-state index in [0.29, 0.717) is 23.5 Å². The number of thiophene rings is 1. The van der Waals surface area contributed by atoms with E-state index in [-0.39, 0.29) is 5.56 Å². The van der Waals surface area contributed by atoms with Crippen molar-refractivity contribution in [1.29, 1.82) is 0 Å². The predicted octanol–water partition coefficient (Wildman–Crippen LogP) is 5.62. The number of furan rings is 1. The van der Waals surface area contributed by atoms with Crippen molar-refractivity contribution in [2.45, 2.75) is 30.5 Å². The van der Waals surface area contributed by atoms with Gasteiger partial charge >= 0.3 is 0 Å². The van der Waals surface area contributed by atoms with E-state index in [1.807, 2.05) is 19.1 Å². The molecule has 4 heterocycles. The van der Waals surface area contributed by atoms with Crippen molar-refractivity contribution in [2.24, 2.45) is 0 Å². The van der Waals surface area contributed by atoms with E-state index in [1.54, 1.807) is 17.6 Å². The summed E-state index contributed by atoms with van der Waals surface area (Å²) < 4.78 is 6.11. The Kier molecular flexibility index (Phi) is 5.81. The highest BCUT2D eigenvalue weighted by molar-refractivity contribution is 8.00.